The molecule has 0 aliphatic heterocycles. The second-order valence-corrected chi connectivity index (χ2v) is 8.37. The average molecular weight is 367 g/mol. The minimum atomic E-state index is -3.32. The Hall–Kier alpha value is -2.06. The largest absolute Gasteiger partial charge is 0.334 e. The van der Waals surface area contributed by atoms with E-state index in [0.29, 0.717) is 18.8 Å². The van der Waals surface area contributed by atoms with Crippen LogP contribution in [0.5, 0.6) is 0 Å². The monoisotopic (exact) mass is 367 g/mol. The topological polar surface area (TPSA) is 78.5 Å². The molecule has 0 spiro atoms. The summed E-state index contributed by atoms with van der Waals surface area (Å²) in [5, 5.41) is 4.85. The molecule has 0 fully saturated rings. The normalized spacial score (nSPS) is 11.1. The van der Waals surface area contributed by atoms with E-state index >= 15 is 0 Å². The maximum absolute atomic E-state index is 12.2. The average Bonchev–Trinajstić information content (AvgIpc) is 2.88. The summed E-state index contributed by atoms with van der Waals surface area (Å²) in [7, 11) is -1.57. The second kappa shape index (κ2) is 7.67. The molecular weight excluding hydrogens is 346 g/mol. The minimum absolute atomic E-state index is 0.177. The molecule has 0 saturated heterocycles. The van der Waals surface area contributed by atoms with E-state index < -0.39 is 10.0 Å². The quantitative estimate of drug-likeness (QED) is 0.824. The zero-order chi connectivity index (χ0) is 17.7. The van der Waals surface area contributed by atoms with Gasteiger partial charge in [0.15, 0.2) is 0 Å². The van der Waals surface area contributed by atoms with E-state index in [1.807, 2.05) is 24.4 Å². The lowest BCUT2D eigenvalue weighted by atomic mass is 10.2. The predicted octanol–water partition coefficient (Wildman–Crippen LogP) is 2.77. The number of carbonyl (C=O) groups excluding carboxylic acids is 1. The fraction of sp³-hybridized carbons (Fsp3) is 0.312. The smallest absolute Gasteiger partial charge is 0.317 e. The predicted molar refractivity (Wildman–Crippen MR) is 97.7 cm³/mol. The van der Waals surface area contributed by atoms with Gasteiger partial charge in [0, 0.05) is 24.2 Å². The van der Waals surface area contributed by atoms with Gasteiger partial charge in [-0.15, -0.1) is 11.3 Å². The Morgan fingerprint density at radius 3 is 2.67 bits per heavy atom. The molecule has 2 rings (SSSR count). The number of nitrogens with one attached hydrogen (secondary N) is 2. The molecule has 0 atom stereocenters. The molecule has 0 bridgehead atoms. The maximum Gasteiger partial charge on any atom is 0.317 e. The Morgan fingerprint density at radius 1 is 1.29 bits per heavy atom. The number of urea groups is 1. The molecule has 0 saturated carbocycles. The molecular formula is C16H21N3O3S2. The Labute approximate surface area is 146 Å². The van der Waals surface area contributed by atoms with Crippen molar-refractivity contribution >= 4 is 33.1 Å². The van der Waals surface area contributed by atoms with Crippen LogP contribution in [0.3, 0.4) is 0 Å². The Bertz CT molecular complexity index is 815. The van der Waals surface area contributed by atoms with Crippen molar-refractivity contribution in [2.24, 2.45) is 0 Å². The third kappa shape index (κ3) is 5.54. The fourth-order valence-corrected chi connectivity index (χ4v) is 3.64. The van der Waals surface area contributed by atoms with Crippen molar-refractivity contribution in [2.75, 3.05) is 18.0 Å². The highest BCUT2D eigenvalue weighted by Crippen LogP contribution is 2.17. The van der Waals surface area contributed by atoms with Gasteiger partial charge in [-0.3, -0.25) is 4.72 Å². The molecule has 2 amide bonds. The number of hydrogen-bond acceptors (Lipinski definition) is 4. The Morgan fingerprint density at radius 2 is 2.04 bits per heavy atom. The fourth-order valence-electron chi connectivity index (χ4n) is 2.12. The van der Waals surface area contributed by atoms with E-state index in [4.69, 9.17) is 0 Å². The van der Waals surface area contributed by atoms with Crippen molar-refractivity contribution in [3.63, 3.8) is 0 Å². The van der Waals surface area contributed by atoms with Crippen LogP contribution in [0.1, 0.15) is 16.0 Å². The summed E-state index contributed by atoms with van der Waals surface area (Å²) in [6, 6.07) is 8.80. The van der Waals surface area contributed by atoms with E-state index in [0.717, 1.165) is 16.7 Å². The van der Waals surface area contributed by atoms with Crippen LogP contribution >= 0.6 is 11.3 Å². The first-order valence-corrected chi connectivity index (χ1v) is 10.1. The number of anilines is 1. The molecule has 130 valence electrons. The van der Waals surface area contributed by atoms with Gasteiger partial charge in [0.2, 0.25) is 10.0 Å². The van der Waals surface area contributed by atoms with Crippen LogP contribution in [0.25, 0.3) is 0 Å². The maximum atomic E-state index is 12.2. The number of amides is 2. The van der Waals surface area contributed by atoms with Gasteiger partial charge in [0.25, 0.3) is 0 Å². The summed E-state index contributed by atoms with van der Waals surface area (Å²) in [6.45, 7) is 2.91. The molecule has 6 nitrogen and oxygen atoms in total. The van der Waals surface area contributed by atoms with E-state index in [-0.39, 0.29) is 6.03 Å². The number of thiophene rings is 1. The highest BCUT2D eigenvalue weighted by Gasteiger charge is 2.11. The van der Waals surface area contributed by atoms with Crippen LogP contribution < -0.4 is 10.0 Å². The van der Waals surface area contributed by atoms with Crippen molar-refractivity contribution in [1.82, 2.24) is 10.2 Å². The highest BCUT2D eigenvalue weighted by molar-refractivity contribution is 7.92. The summed E-state index contributed by atoms with van der Waals surface area (Å²) in [4.78, 5) is 15.0. The molecule has 1 aromatic heterocycles. The van der Waals surface area contributed by atoms with Crippen LogP contribution in [0.4, 0.5) is 10.5 Å². The first kappa shape index (κ1) is 18.3. The number of benzene rings is 1. The molecule has 0 aliphatic rings. The Balaban J connectivity index is 1.91. The number of aryl methyl sites for hydroxylation is 1. The molecule has 8 heteroatoms. The van der Waals surface area contributed by atoms with Crippen LogP contribution in [0.15, 0.2) is 35.7 Å². The minimum Gasteiger partial charge on any atom is -0.334 e. The summed E-state index contributed by atoms with van der Waals surface area (Å²) in [5.74, 6) is 0. The number of hydrogen-bond donors (Lipinski definition) is 2. The molecule has 2 aromatic rings. The van der Waals surface area contributed by atoms with Gasteiger partial charge in [0.05, 0.1) is 12.8 Å². The molecule has 0 unspecified atom stereocenters. The third-order valence-electron chi connectivity index (χ3n) is 3.37. The second-order valence-electron chi connectivity index (χ2n) is 5.62. The summed E-state index contributed by atoms with van der Waals surface area (Å²) < 4.78 is 24.9. The van der Waals surface area contributed by atoms with Gasteiger partial charge >= 0.3 is 6.03 Å². The lowest BCUT2D eigenvalue weighted by Gasteiger charge is -2.18. The molecule has 0 radical (unpaired) electrons. The third-order valence-corrected chi connectivity index (χ3v) is 4.98. The van der Waals surface area contributed by atoms with Gasteiger partial charge in [-0.25, -0.2) is 13.2 Å². The highest BCUT2D eigenvalue weighted by atomic mass is 32.2. The Kier molecular flexibility index (Phi) is 5.84. The first-order chi connectivity index (χ1) is 11.2. The number of rotatable bonds is 6. The molecule has 1 aromatic carbocycles. The van der Waals surface area contributed by atoms with Crippen molar-refractivity contribution in [2.45, 2.75) is 20.0 Å². The van der Waals surface area contributed by atoms with Gasteiger partial charge < -0.3 is 10.2 Å². The van der Waals surface area contributed by atoms with Crippen LogP contribution in [-0.4, -0.2) is 32.7 Å². The lowest BCUT2D eigenvalue weighted by Crippen LogP contribution is -2.36. The molecule has 2 N–H and O–H groups in total. The summed E-state index contributed by atoms with van der Waals surface area (Å²) in [6.07, 6.45) is 1.10. The first-order valence-electron chi connectivity index (χ1n) is 7.33. The van der Waals surface area contributed by atoms with E-state index in [1.54, 1.807) is 41.5 Å². The van der Waals surface area contributed by atoms with E-state index in [2.05, 4.69) is 10.0 Å². The van der Waals surface area contributed by atoms with E-state index in [1.165, 1.54) is 5.56 Å². The van der Waals surface area contributed by atoms with Gasteiger partial charge in [-0.1, -0.05) is 12.1 Å². The van der Waals surface area contributed by atoms with Crippen molar-refractivity contribution in [1.29, 1.82) is 0 Å². The van der Waals surface area contributed by atoms with Gasteiger partial charge in [0.1, 0.15) is 0 Å². The zero-order valence-electron chi connectivity index (χ0n) is 13.9. The van der Waals surface area contributed by atoms with Crippen molar-refractivity contribution < 1.29 is 13.2 Å². The lowest BCUT2D eigenvalue weighted by molar-refractivity contribution is 0.207. The standard InChI is InChI=1S/C16H21N3O3S2/c1-12-7-8-23-15(12)11-19(2)16(20)17-10-13-5-4-6-14(9-13)18-24(3,21)22/h4-9,18H,10-11H2,1-3H3,(H,17,20). The van der Waals surface area contributed by atoms with E-state index in [9.17, 15) is 13.2 Å². The molecule has 0 aliphatic carbocycles. The van der Waals surface area contributed by atoms with Crippen molar-refractivity contribution in [3.8, 4) is 0 Å². The number of carbonyl (C=O) groups is 1. The number of nitrogens with zero attached hydrogens (tertiary/aromatic N) is 1. The van der Waals surface area contributed by atoms with Crippen LogP contribution in [-0.2, 0) is 23.1 Å². The van der Waals surface area contributed by atoms with Gasteiger partial charge in [-0.05, 0) is 41.6 Å². The summed E-state index contributed by atoms with van der Waals surface area (Å²) >= 11 is 1.63. The van der Waals surface area contributed by atoms with Crippen molar-refractivity contribution in [3.05, 3.63) is 51.7 Å². The molecule has 1 heterocycles. The van der Waals surface area contributed by atoms with Crippen LogP contribution in [0, 0.1) is 6.92 Å². The number of sulfonamides is 1. The molecule has 24 heavy (non-hydrogen) atoms. The van der Waals surface area contributed by atoms with Crippen LogP contribution in [0.2, 0.25) is 0 Å². The van der Waals surface area contributed by atoms with Gasteiger partial charge in [-0.2, -0.15) is 0 Å². The SMILES string of the molecule is Cc1ccsc1CN(C)C(=O)NCc1cccc(NS(C)(=O)=O)c1. The zero-order valence-corrected chi connectivity index (χ0v) is 15.5. The summed E-state index contributed by atoms with van der Waals surface area (Å²) in [5.41, 5.74) is 2.48.